The predicted octanol–water partition coefficient (Wildman–Crippen LogP) is 6.51. The second kappa shape index (κ2) is 13.2. The molecule has 36 heavy (non-hydrogen) atoms. The van der Waals surface area contributed by atoms with Crippen LogP contribution in [0, 0.1) is 19.3 Å². The summed E-state index contributed by atoms with van der Waals surface area (Å²) in [5.74, 6) is 2.16. The minimum absolute atomic E-state index is 0.361. The monoisotopic (exact) mass is 516 g/mol. The van der Waals surface area contributed by atoms with Crippen LogP contribution in [-0.2, 0) is 19.4 Å². The van der Waals surface area contributed by atoms with Crippen LogP contribution in [0.15, 0.2) is 12.1 Å². The minimum Gasteiger partial charge on any atom is -0.493 e. The van der Waals surface area contributed by atoms with E-state index in [0.29, 0.717) is 16.9 Å². The van der Waals surface area contributed by atoms with E-state index in [-0.39, 0.29) is 0 Å². The number of benzene rings is 1. The lowest BCUT2D eigenvalue weighted by molar-refractivity contribution is 0.112. The van der Waals surface area contributed by atoms with Crippen LogP contribution in [0.5, 0.6) is 17.2 Å². The third-order valence-corrected chi connectivity index (χ3v) is 9.18. The average Bonchev–Trinajstić information content (AvgIpc) is 3.14. The Morgan fingerprint density at radius 1 is 0.861 bits per heavy atom. The van der Waals surface area contributed by atoms with Gasteiger partial charge in [0, 0.05) is 48.0 Å². The summed E-state index contributed by atoms with van der Waals surface area (Å²) in [6.07, 6.45) is 6.21. The van der Waals surface area contributed by atoms with E-state index in [2.05, 4.69) is 50.5 Å². The van der Waals surface area contributed by atoms with Crippen LogP contribution in [0.3, 0.4) is 0 Å². The van der Waals surface area contributed by atoms with Crippen molar-refractivity contribution in [2.24, 2.45) is 5.41 Å². The van der Waals surface area contributed by atoms with Crippen LogP contribution in [0.2, 0.25) is 0 Å². The van der Waals surface area contributed by atoms with Gasteiger partial charge in [-0.15, -0.1) is 11.3 Å². The first-order valence-corrected chi connectivity index (χ1v) is 14.3. The highest BCUT2D eigenvalue weighted by molar-refractivity contribution is 7.12. The Morgan fingerprint density at radius 2 is 1.53 bits per heavy atom. The molecule has 0 aliphatic carbocycles. The molecule has 0 spiro atoms. The van der Waals surface area contributed by atoms with Gasteiger partial charge in [-0.2, -0.15) is 0 Å². The summed E-state index contributed by atoms with van der Waals surface area (Å²) in [5, 5.41) is 0. The molecule has 0 atom stereocenters. The van der Waals surface area contributed by atoms with Gasteiger partial charge in [0.1, 0.15) is 0 Å². The molecular weight excluding hydrogens is 468 g/mol. The summed E-state index contributed by atoms with van der Waals surface area (Å²) in [7, 11) is 5.02. The Kier molecular flexibility index (Phi) is 10.5. The Hall–Kier alpha value is -1.76. The molecule has 2 aromatic rings. The molecule has 1 aliphatic rings. The largest absolute Gasteiger partial charge is 0.493 e. The first-order valence-electron chi connectivity index (χ1n) is 13.5. The van der Waals surface area contributed by atoms with Crippen LogP contribution in [0.1, 0.15) is 66.5 Å². The fraction of sp³-hybridized carbons (Fsp3) is 0.667. The van der Waals surface area contributed by atoms with E-state index in [4.69, 9.17) is 14.2 Å². The molecule has 6 heteroatoms. The number of aryl methyl sites for hydroxylation is 2. The Balaban J connectivity index is 1.48. The topological polar surface area (TPSA) is 34.2 Å². The number of thiophene rings is 1. The summed E-state index contributed by atoms with van der Waals surface area (Å²) in [6, 6.07) is 4.07. The molecule has 2 heterocycles. The van der Waals surface area contributed by atoms with E-state index in [1.54, 1.807) is 37.3 Å². The highest BCUT2D eigenvalue weighted by atomic mass is 32.1. The molecule has 3 rings (SSSR count). The highest BCUT2D eigenvalue weighted by Crippen LogP contribution is 2.40. The van der Waals surface area contributed by atoms with Crippen molar-refractivity contribution in [2.45, 2.75) is 73.3 Å². The number of methoxy groups -OCH3 is 3. The van der Waals surface area contributed by atoms with E-state index < -0.39 is 0 Å². The number of hydrogen-bond acceptors (Lipinski definition) is 6. The quantitative estimate of drug-likeness (QED) is 0.303. The van der Waals surface area contributed by atoms with Crippen LogP contribution >= 0.6 is 11.3 Å². The smallest absolute Gasteiger partial charge is 0.203 e. The number of ether oxygens (including phenoxy) is 3. The van der Waals surface area contributed by atoms with E-state index >= 15 is 0 Å². The lowest BCUT2D eigenvalue weighted by atomic mass is 9.83. The second-order valence-corrected chi connectivity index (χ2v) is 12.3. The summed E-state index contributed by atoms with van der Waals surface area (Å²) in [5.41, 5.74) is 4.68. The van der Waals surface area contributed by atoms with Gasteiger partial charge >= 0.3 is 0 Å². The third-order valence-electron chi connectivity index (χ3n) is 7.87. The maximum Gasteiger partial charge on any atom is 0.203 e. The molecule has 0 bridgehead atoms. The minimum atomic E-state index is 0.361. The number of hydrogen-bond donors (Lipinski definition) is 0. The molecule has 5 nitrogen and oxygen atoms in total. The molecule has 0 unspecified atom stereocenters. The van der Waals surface area contributed by atoms with Crippen LogP contribution < -0.4 is 14.2 Å². The molecule has 0 saturated carbocycles. The lowest BCUT2D eigenvalue weighted by Crippen LogP contribution is -2.46. The van der Waals surface area contributed by atoms with Gasteiger partial charge in [0.15, 0.2) is 11.5 Å². The summed E-state index contributed by atoms with van der Waals surface area (Å²) in [6.45, 7) is 18.3. The lowest BCUT2D eigenvalue weighted by Gasteiger charge is -2.36. The van der Waals surface area contributed by atoms with Gasteiger partial charge < -0.3 is 19.1 Å². The Labute approximate surface area is 223 Å². The van der Waals surface area contributed by atoms with E-state index in [0.717, 1.165) is 44.0 Å². The molecule has 1 fully saturated rings. The SMILES string of the molecule is CCCc1c(CCC(C)(C)CCN2CCN(Cc3ccc(OC)c(OC)c3OC)CC2)sc(C)c1C. The molecule has 1 aromatic heterocycles. The van der Waals surface area contributed by atoms with Gasteiger partial charge in [-0.25, -0.2) is 0 Å². The summed E-state index contributed by atoms with van der Waals surface area (Å²) < 4.78 is 16.7. The fourth-order valence-corrected chi connectivity index (χ4v) is 6.49. The van der Waals surface area contributed by atoms with Gasteiger partial charge in [-0.05, 0) is 68.7 Å². The first kappa shape index (κ1) is 28.8. The van der Waals surface area contributed by atoms with Crippen molar-refractivity contribution in [3.8, 4) is 17.2 Å². The van der Waals surface area contributed by atoms with Crippen LogP contribution in [0.25, 0.3) is 0 Å². The van der Waals surface area contributed by atoms with Crippen molar-refractivity contribution in [1.82, 2.24) is 9.80 Å². The highest BCUT2D eigenvalue weighted by Gasteiger charge is 2.24. The summed E-state index contributed by atoms with van der Waals surface area (Å²) >= 11 is 2.04. The standard InChI is InChI=1S/C30H48N2O3S/c1-9-10-25-22(2)23(3)36-27(25)13-14-30(4,5)15-16-31-17-19-32(20-18-31)21-24-11-12-26(33-6)29(35-8)28(24)34-7/h11-12H,9-10,13-21H2,1-8H3. The van der Waals surface area contributed by atoms with E-state index in [9.17, 15) is 0 Å². The Morgan fingerprint density at radius 3 is 2.14 bits per heavy atom. The number of nitrogens with zero attached hydrogens (tertiary/aromatic N) is 2. The maximum absolute atomic E-state index is 5.69. The van der Waals surface area contributed by atoms with Gasteiger partial charge in [-0.3, -0.25) is 4.90 Å². The molecule has 1 aliphatic heterocycles. The molecule has 0 radical (unpaired) electrons. The van der Waals surface area contributed by atoms with E-state index in [1.165, 1.54) is 43.5 Å². The third kappa shape index (κ3) is 7.17. The van der Waals surface area contributed by atoms with Gasteiger partial charge in [-0.1, -0.05) is 33.3 Å². The Bertz CT molecular complexity index is 977. The summed E-state index contributed by atoms with van der Waals surface area (Å²) in [4.78, 5) is 8.31. The van der Waals surface area contributed by atoms with E-state index in [1.807, 2.05) is 17.4 Å². The average molecular weight is 517 g/mol. The second-order valence-electron chi connectivity index (χ2n) is 11.0. The molecule has 1 saturated heterocycles. The maximum atomic E-state index is 5.69. The zero-order chi connectivity index (χ0) is 26.3. The first-order chi connectivity index (χ1) is 17.2. The van der Waals surface area contributed by atoms with Crippen molar-refractivity contribution in [2.75, 3.05) is 54.1 Å². The normalized spacial score (nSPS) is 15.3. The fourth-order valence-electron chi connectivity index (χ4n) is 5.26. The number of piperazine rings is 1. The number of rotatable bonds is 13. The predicted molar refractivity (Wildman–Crippen MR) is 152 cm³/mol. The van der Waals surface area contributed by atoms with Gasteiger partial charge in [0.25, 0.3) is 0 Å². The molecule has 202 valence electrons. The molecule has 0 N–H and O–H groups in total. The van der Waals surface area contributed by atoms with Crippen molar-refractivity contribution < 1.29 is 14.2 Å². The van der Waals surface area contributed by atoms with Crippen molar-refractivity contribution in [3.05, 3.63) is 38.6 Å². The van der Waals surface area contributed by atoms with Crippen molar-refractivity contribution in [1.29, 1.82) is 0 Å². The van der Waals surface area contributed by atoms with Gasteiger partial charge in [0.05, 0.1) is 21.3 Å². The van der Waals surface area contributed by atoms with Crippen LogP contribution in [-0.4, -0.2) is 63.9 Å². The van der Waals surface area contributed by atoms with Crippen LogP contribution in [0.4, 0.5) is 0 Å². The molecule has 1 aromatic carbocycles. The zero-order valence-electron chi connectivity index (χ0n) is 24.0. The molecule has 0 amide bonds. The van der Waals surface area contributed by atoms with Gasteiger partial charge in [0.2, 0.25) is 5.75 Å². The van der Waals surface area contributed by atoms with Crippen molar-refractivity contribution >= 4 is 11.3 Å². The molecular formula is C30H48N2O3S. The van der Waals surface area contributed by atoms with Crippen molar-refractivity contribution in [3.63, 3.8) is 0 Å². The zero-order valence-corrected chi connectivity index (χ0v) is 24.8.